The van der Waals surface area contributed by atoms with Gasteiger partial charge in [-0.15, -0.1) is 0 Å². The summed E-state index contributed by atoms with van der Waals surface area (Å²) in [6.07, 6.45) is 4.45. The topological polar surface area (TPSA) is 20.2 Å². The SMILES string of the molecule is CC(C)(C)C1CCC(O)(Cc2cc(Cl)ccc2Cl)CC1. The fourth-order valence-corrected chi connectivity index (χ4v) is 3.61. The molecule has 2 rings (SSSR count). The molecule has 1 fully saturated rings. The maximum Gasteiger partial charge on any atom is 0.0688 e. The van der Waals surface area contributed by atoms with Crippen LogP contribution in [0.3, 0.4) is 0 Å². The smallest absolute Gasteiger partial charge is 0.0688 e. The van der Waals surface area contributed by atoms with Crippen LogP contribution in [0.5, 0.6) is 0 Å². The van der Waals surface area contributed by atoms with Crippen LogP contribution in [-0.4, -0.2) is 10.7 Å². The normalized spacial score (nSPS) is 27.6. The summed E-state index contributed by atoms with van der Waals surface area (Å²) in [5, 5.41) is 12.2. The van der Waals surface area contributed by atoms with E-state index < -0.39 is 5.60 Å². The van der Waals surface area contributed by atoms with Crippen molar-refractivity contribution >= 4 is 23.2 Å². The quantitative estimate of drug-likeness (QED) is 0.763. The Labute approximate surface area is 132 Å². The second-order valence-electron chi connectivity index (χ2n) is 7.28. The van der Waals surface area contributed by atoms with Gasteiger partial charge in [-0.25, -0.2) is 0 Å². The first kappa shape index (κ1) is 16.1. The Morgan fingerprint density at radius 2 is 1.80 bits per heavy atom. The lowest BCUT2D eigenvalue weighted by Gasteiger charge is -2.41. The summed E-state index contributed by atoms with van der Waals surface area (Å²) in [5.74, 6) is 0.692. The van der Waals surface area contributed by atoms with E-state index in [1.165, 1.54) is 0 Å². The average molecular weight is 315 g/mol. The predicted molar refractivity (Wildman–Crippen MR) is 86.5 cm³/mol. The van der Waals surface area contributed by atoms with Gasteiger partial charge in [0.05, 0.1) is 5.60 Å². The molecular weight excluding hydrogens is 291 g/mol. The summed E-state index contributed by atoms with van der Waals surface area (Å²) in [4.78, 5) is 0. The number of halogens is 2. The molecule has 1 aliphatic carbocycles. The molecule has 0 aromatic heterocycles. The van der Waals surface area contributed by atoms with Gasteiger partial charge in [0.2, 0.25) is 0 Å². The van der Waals surface area contributed by atoms with Crippen molar-refractivity contribution in [3.05, 3.63) is 33.8 Å². The first-order valence-corrected chi connectivity index (χ1v) is 8.11. The second-order valence-corrected chi connectivity index (χ2v) is 8.12. The first-order chi connectivity index (χ1) is 9.20. The van der Waals surface area contributed by atoms with Gasteiger partial charge in [-0.1, -0.05) is 44.0 Å². The predicted octanol–water partition coefficient (Wildman–Crippen LogP) is 5.50. The van der Waals surface area contributed by atoms with Crippen LogP contribution in [0.25, 0.3) is 0 Å². The van der Waals surface area contributed by atoms with Crippen molar-refractivity contribution in [3.8, 4) is 0 Å². The molecule has 1 saturated carbocycles. The summed E-state index contributed by atoms with van der Waals surface area (Å²) in [7, 11) is 0. The van der Waals surface area contributed by atoms with E-state index >= 15 is 0 Å². The maximum atomic E-state index is 10.8. The molecule has 1 N–H and O–H groups in total. The zero-order valence-corrected chi connectivity index (χ0v) is 14.1. The Bertz CT molecular complexity index is 468. The van der Waals surface area contributed by atoms with Crippen molar-refractivity contribution < 1.29 is 5.11 Å². The van der Waals surface area contributed by atoms with Crippen molar-refractivity contribution in [2.75, 3.05) is 0 Å². The van der Waals surface area contributed by atoms with Crippen LogP contribution >= 0.6 is 23.2 Å². The maximum absolute atomic E-state index is 10.8. The molecule has 0 radical (unpaired) electrons. The Morgan fingerprint density at radius 1 is 1.20 bits per heavy atom. The van der Waals surface area contributed by atoms with E-state index in [4.69, 9.17) is 23.2 Å². The molecule has 3 heteroatoms. The summed E-state index contributed by atoms with van der Waals surface area (Å²) >= 11 is 12.2. The summed E-state index contributed by atoms with van der Waals surface area (Å²) in [6, 6.07) is 5.47. The van der Waals surface area contributed by atoms with Crippen LogP contribution < -0.4 is 0 Å². The van der Waals surface area contributed by atoms with E-state index in [1.54, 1.807) is 6.07 Å². The van der Waals surface area contributed by atoms with Crippen LogP contribution in [0.2, 0.25) is 10.0 Å². The van der Waals surface area contributed by atoms with Crippen molar-refractivity contribution in [1.29, 1.82) is 0 Å². The van der Waals surface area contributed by atoms with E-state index in [-0.39, 0.29) is 0 Å². The molecule has 20 heavy (non-hydrogen) atoms. The molecule has 1 aliphatic rings. The van der Waals surface area contributed by atoms with Gasteiger partial charge in [0.25, 0.3) is 0 Å². The minimum absolute atomic E-state index is 0.328. The average Bonchev–Trinajstić information content (AvgIpc) is 2.33. The monoisotopic (exact) mass is 314 g/mol. The van der Waals surface area contributed by atoms with E-state index in [0.717, 1.165) is 31.2 Å². The highest BCUT2D eigenvalue weighted by Gasteiger charge is 2.37. The zero-order valence-electron chi connectivity index (χ0n) is 12.5. The zero-order chi connectivity index (χ0) is 15.0. The lowest BCUT2D eigenvalue weighted by atomic mass is 9.67. The third kappa shape index (κ3) is 3.90. The van der Waals surface area contributed by atoms with Crippen molar-refractivity contribution in [2.24, 2.45) is 11.3 Å². The summed E-state index contributed by atoms with van der Waals surface area (Å²) in [6.45, 7) is 6.86. The van der Waals surface area contributed by atoms with E-state index in [0.29, 0.717) is 27.8 Å². The minimum Gasteiger partial charge on any atom is -0.390 e. The molecule has 0 saturated heterocycles. The van der Waals surface area contributed by atoms with Gasteiger partial charge in [-0.3, -0.25) is 0 Å². The Hall–Kier alpha value is -0.240. The highest BCUT2D eigenvalue weighted by Crippen LogP contribution is 2.43. The minimum atomic E-state index is -0.629. The molecule has 0 bridgehead atoms. The molecule has 1 aromatic carbocycles. The highest BCUT2D eigenvalue weighted by atomic mass is 35.5. The molecule has 112 valence electrons. The van der Waals surface area contributed by atoms with Crippen molar-refractivity contribution in [1.82, 2.24) is 0 Å². The van der Waals surface area contributed by atoms with Crippen LogP contribution in [0.1, 0.15) is 52.0 Å². The molecule has 0 heterocycles. The highest BCUT2D eigenvalue weighted by molar-refractivity contribution is 6.33. The molecule has 1 aromatic rings. The molecule has 0 spiro atoms. The third-order valence-corrected chi connectivity index (χ3v) is 5.27. The Balaban J connectivity index is 2.05. The van der Waals surface area contributed by atoms with E-state index in [1.807, 2.05) is 12.1 Å². The molecule has 0 unspecified atom stereocenters. The largest absolute Gasteiger partial charge is 0.390 e. The van der Waals surface area contributed by atoms with E-state index in [9.17, 15) is 5.11 Å². The van der Waals surface area contributed by atoms with Crippen LogP contribution in [0.4, 0.5) is 0 Å². The summed E-state index contributed by atoms with van der Waals surface area (Å²) in [5.41, 5.74) is 0.654. The summed E-state index contributed by atoms with van der Waals surface area (Å²) < 4.78 is 0. The number of aliphatic hydroxyl groups is 1. The Morgan fingerprint density at radius 3 is 2.35 bits per heavy atom. The van der Waals surface area contributed by atoms with Gasteiger partial charge in [0.15, 0.2) is 0 Å². The van der Waals surface area contributed by atoms with Gasteiger partial charge < -0.3 is 5.11 Å². The lowest BCUT2D eigenvalue weighted by molar-refractivity contribution is -0.0245. The third-order valence-electron chi connectivity index (χ3n) is 4.67. The van der Waals surface area contributed by atoms with Gasteiger partial charge in [-0.2, -0.15) is 0 Å². The van der Waals surface area contributed by atoms with Gasteiger partial charge in [0.1, 0.15) is 0 Å². The molecule has 0 amide bonds. The lowest BCUT2D eigenvalue weighted by Crippen LogP contribution is -2.39. The molecule has 0 atom stereocenters. The number of benzene rings is 1. The fourth-order valence-electron chi connectivity index (χ4n) is 3.23. The number of hydrogen-bond donors (Lipinski definition) is 1. The van der Waals surface area contributed by atoms with Crippen LogP contribution in [0.15, 0.2) is 18.2 Å². The van der Waals surface area contributed by atoms with Gasteiger partial charge in [-0.05, 0) is 60.8 Å². The second kappa shape index (κ2) is 5.87. The molecular formula is C17H24Cl2O. The number of hydrogen-bond acceptors (Lipinski definition) is 1. The van der Waals surface area contributed by atoms with Crippen LogP contribution in [0, 0.1) is 11.3 Å². The fraction of sp³-hybridized carbons (Fsp3) is 0.647. The van der Waals surface area contributed by atoms with E-state index in [2.05, 4.69) is 20.8 Å². The standard InChI is InChI=1S/C17H24Cl2O/c1-16(2,3)13-6-8-17(20,9-7-13)11-12-10-14(18)4-5-15(12)19/h4-5,10,13,20H,6-9,11H2,1-3H3. The first-order valence-electron chi connectivity index (χ1n) is 7.36. The van der Waals surface area contributed by atoms with Gasteiger partial charge >= 0.3 is 0 Å². The molecule has 1 nitrogen and oxygen atoms in total. The molecule has 0 aliphatic heterocycles. The number of rotatable bonds is 2. The van der Waals surface area contributed by atoms with Crippen molar-refractivity contribution in [3.63, 3.8) is 0 Å². The van der Waals surface area contributed by atoms with Gasteiger partial charge in [0, 0.05) is 16.5 Å². The van der Waals surface area contributed by atoms with Crippen LogP contribution in [-0.2, 0) is 6.42 Å². The van der Waals surface area contributed by atoms with Crippen molar-refractivity contribution in [2.45, 2.75) is 58.5 Å². The Kier molecular flexibility index (Phi) is 4.73.